The van der Waals surface area contributed by atoms with Crippen LogP contribution in [0.25, 0.3) is 0 Å². The van der Waals surface area contributed by atoms with Gasteiger partial charge in [0.05, 0.1) is 0 Å². The summed E-state index contributed by atoms with van der Waals surface area (Å²) >= 11 is 0. The van der Waals surface area contributed by atoms with E-state index in [1.54, 1.807) is 28.4 Å². The van der Waals surface area contributed by atoms with Gasteiger partial charge >= 0.3 is 0 Å². The van der Waals surface area contributed by atoms with Gasteiger partial charge in [0.1, 0.15) is 5.78 Å². The monoisotopic (exact) mass is 248 g/mol. The molecule has 0 atom stereocenters. The molecule has 0 unspecified atom stereocenters. The molecule has 0 fully saturated rings. The van der Waals surface area contributed by atoms with E-state index in [1.807, 2.05) is 0 Å². The van der Waals surface area contributed by atoms with E-state index < -0.39 is 0 Å². The second kappa shape index (κ2) is 10.7. The summed E-state index contributed by atoms with van der Waals surface area (Å²) in [7, 11) is 6.33. The minimum atomic E-state index is -0.287. The molecule has 0 aliphatic carbocycles. The van der Waals surface area contributed by atoms with Gasteiger partial charge in [0.15, 0.2) is 12.6 Å². The van der Waals surface area contributed by atoms with Crippen molar-refractivity contribution < 1.29 is 23.7 Å². The second-order valence-corrected chi connectivity index (χ2v) is 3.77. The largest absolute Gasteiger partial charge is 0.356 e. The van der Waals surface area contributed by atoms with Crippen LogP contribution in [0.2, 0.25) is 0 Å². The number of hydrogen-bond acceptors (Lipinski definition) is 5. The van der Waals surface area contributed by atoms with E-state index in [0.29, 0.717) is 19.3 Å². The van der Waals surface area contributed by atoms with Gasteiger partial charge in [-0.3, -0.25) is 4.79 Å². The summed E-state index contributed by atoms with van der Waals surface area (Å²) < 4.78 is 20.1. The summed E-state index contributed by atoms with van der Waals surface area (Å²) in [5, 5.41) is 0. The molecule has 102 valence electrons. The van der Waals surface area contributed by atoms with Gasteiger partial charge in [-0.15, -0.1) is 0 Å². The maximum atomic E-state index is 11.5. The van der Waals surface area contributed by atoms with Gasteiger partial charge in [0, 0.05) is 47.7 Å². The number of Topliss-reactive ketones (excluding diaryl/α,β-unsaturated/α-hetero) is 1. The van der Waals surface area contributed by atoms with Crippen molar-refractivity contribution in [2.45, 2.75) is 44.7 Å². The number of hydrogen-bond donors (Lipinski definition) is 0. The summed E-state index contributed by atoms with van der Waals surface area (Å²) in [4.78, 5) is 11.5. The molecule has 0 saturated carbocycles. The number of carbonyl (C=O) groups is 1. The molecule has 0 spiro atoms. The maximum Gasteiger partial charge on any atom is 0.157 e. The number of ketones is 1. The van der Waals surface area contributed by atoms with E-state index in [1.165, 1.54) is 0 Å². The predicted molar refractivity (Wildman–Crippen MR) is 63.7 cm³/mol. The molecule has 0 aromatic heterocycles. The van der Waals surface area contributed by atoms with E-state index in [2.05, 4.69) is 0 Å². The lowest BCUT2D eigenvalue weighted by Gasteiger charge is -2.13. The minimum absolute atomic E-state index is 0.214. The zero-order valence-corrected chi connectivity index (χ0v) is 11.2. The van der Waals surface area contributed by atoms with Crippen LogP contribution in [0.5, 0.6) is 0 Å². The van der Waals surface area contributed by atoms with Gasteiger partial charge in [-0.2, -0.15) is 0 Å². The Bertz CT molecular complexity index is 187. The molecule has 0 heterocycles. The predicted octanol–water partition coefficient (Wildman–Crippen LogP) is 1.74. The van der Waals surface area contributed by atoms with Crippen molar-refractivity contribution in [3.8, 4) is 0 Å². The van der Waals surface area contributed by atoms with Crippen LogP contribution >= 0.6 is 0 Å². The Labute approximate surface area is 103 Å². The number of carbonyl (C=O) groups excluding carboxylic acids is 1. The van der Waals surface area contributed by atoms with Gasteiger partial charge in [0.2, 0.25) is 0 Å². The molecule has 0 N–H and O–H groups in total. The molecule has 0 radical (unpaired) electrons. The van der Waals surface area contributed by atoms with Gasteiger partial charge < -0.3 is 18.9 Å². The lowest BCUT2D eigenvalue weighted by atomic mass is 10.1. The quantitative estimate of drug-likeness (QED) is 0.521. The molecule has 0 aliphatic heterocycles. The Balaban J connectivity index is 3.59. The van der Waals surface area contributed by atoms with Gasteiger partial charge in [-0.05, 0) is 12.8 Å². The van der Waals surface area contributed by atoms with Crippen molar-refractivity contribution in [1.82, 2.24) is 0 Å². The van der Waals surface area contributed by atoms with Crippen LogP contribution in [0.4, 0.5) is 0 Å². The van der Waals surface area contributed by atoms with Crippen LogP contribution in [0.1, 0.15) is 32.1 Å². The molecule has 5 heteroatoms. The zero-order valence-electron chi connectivity index (χ0n) is 11.2. The standard InChI is InChI=1S/C12H24O5/c1-14-11(15-2)7-5-6-10(13)8-9-12(16-3)17-4/h11-12H,5-9H2,1-4H3. The first-order chi connectivity index (χ1) is 8.17. The minimum Gasteiger partial charge on any atom is -0.356 e. The summed E-state index contributed by atoms with van der Waals surface area (Å²) in [6.45, 7) is 0. The lowest BCUT2D eigenvalue weighted by Crippen LogP contribution is -2.15. The number of rotatable bonds is 11. The first-order valence-electron chi connectivity index (χ1n) is 5.80. The molecule has 17 heavy (non-hydrogen) atoms. The van der Waals surface area contributed by atoms with Gasteiger partial charge in [0.25, 0.3) is 0 Å². The highest BCUT2D eigenvalue weighted by molar-refractivity contribution is 5.78. The van der Waals surface area contributed by atoms with E-state index in [9.17, 15) is 4.79 Å². The lowest BCUT2D eigenvalue weighted by molar-refractivity contribution is -0.128. The van der Waals surface area contributed by atoms with E-state index in [4.69, 9.17) is 18.9 Å². The fraction of sp³-hybridized carbons (Fsp3) is 0.917. The highest BCUT2D eigenvalue weighted by Gasteiger charge is 2.10. The molecule has 5 nitrogen and oxygen atoms in total. The maximum absolute atomic E-state index is 11.5. The molecule has 0 saturated heterocycles. The summed E-state index contributed by atoms with van der Waals surface area (Å²) in [6.07, 6.45) is 2.63. The molecule has 0 rings (SSSR count). The molecule has 0 bridgehead atoms. The smallest absolute Gasteiger partial charge is 0.157 e. The van der Waals surface area contributed by atoms with E-state index >= 15 is 0 Å². The van der Waals surface area contributed by atoms with Crippen LogP contribution in [-0.4, -0.2) is 46.8 Å². The molecule has 0 aliphatic rings. The second-order valence-electron chi connectivity index (χ2n) is 3.77. The Hall–Kier alpha value is -0.490. The molecule has 0 aromatic carbocycles. The summed E-state index contributed by atoms with van der Waals surface area (Å²) in [5.74, 6) is 0.218. The van der Waals surface area contributed by atoms with Crippen LogP contribution in [0.3, 0.4) is 0 Å². The highest BCUT2D eigenvalue weighted by atomic mass is 16.7. The van der Waals surface area contributed by atoms with Crippen molar-refractivity contribution in [3.05, 3.63) is 0 Å². The first kappa shape index (κ1) is 16.5. The third-order valence-electron chi connectivity index (χ3n) is 2.61. The van der Waals surface area contributed by atoms with Crippen LogP contribution < -0.4 is 0 Å². The number of ether oxygens (including phenoxy) is 4. The fourth-order valence-corrected chi connectivity index (χ4v) is 1.53. The van der Waals surface area contributed by atoms with Gasteiger partial charge in [-0.1, -0.05) is 0 Å². The Morgan fingerprint density at radius 1 is 0.824 bits per heavy atom. The first-order valence-corrected chi connectivity index (χ1v) is 5.80. The van der Waals surface area contributed by atoms with Gasteiger partial charge in [-0.25, -0.2) is 0 Å². The SMILES string of the molecule is COC(CCCC(=O)CCC(OC)OC)OC. The topological polar surface area (TPSA) is 54.0 Å². The Morgan fingerprint density at radius 3 is 1.76 bits per heavy atom. The van der Waals surface area contributed by atoms with Crippen LogP contribution in [0.15, 0.2) is 0 Å². The van der Waals surface area contributed by atoms with Crippen molar-refractivity contribution >= 4 is 5.78 Å². The average molecular weight is 248 g/mol. The summed E-state index contributed by atoms with van der Waals surface area (Å²) in [6, 6.07) is 0. The normalized spacial score (nSPS) is 11.4. The van der Waals surface area contributed by atoms with E-state index in [0.717, 1.165) is 12.8 Å². The molecular weight excluding hydrogens is 224 g/mol. The molecule has 0 amide bonds. The fourth-order valence-electron chi connectivity index (χ4n) is 1.53. The third-order valence-corrected chi connectivity index (χ3v) is 2.61. The molecule has 0 aromatic rings. The highest BCUT2D eigenvalue weighted by Crippen LogP contribution is 2.09. The molecular formula is C12H24O5. The number of methoxy groups -OCH3 is 4. The van der Waals surface area contributed by atoms with Crippen molar-refractivity contribution in [2.75, 3.05) is 28.4 Å². The summed E-state index contributed by atoms with van der Waals surface area (Å²) in [5.41, 5.74) is 0. The third kappa shape index (κ3) is 8.26. The average Bonchev–Trinajstić information content (AvgIpc) is 2.36. The van der Waals surface area contributed by atoms with Crippen LogP contribution in [0, 0.1) is 0 Å². The van der Waals surface area contributed by atoms with Crippen molar-refractivity contribution in [2.24, 2.45) is 0 Å². The zero-order chi connectivity index (χ0) is 13.1. The van der Waals surface area contributed by atoms with E-state index in [-0.39, 0.29) is 18.4 Å². The van der Waals surface area contributed by atoms with Crippen LogP contribution in [-0.2, 0) is 23.7 Å². The Kier molecular flexibility index (Phi) is 10.3. The van der Waals surface area contributed by atoms with Crippen molar-refractivity contribution in [1.29, 1.82) is 0 Å². The Morgan fingerprint density at radius 2 is 1.29 bits per heavy atom. The van der Waals surface area contributed by atoms with Crippen molar-refractivity contribution in [3.63, 3.8) is 0 Å².